The van der Waals surface area contributed by atoms with Crippen LogP contribution in [0.15, 0.2) is 71.6 Å². The van der Waals surface area contributed by atoms with E-state index in [9.17, 15) is 18.0 Å². The lowest BCUT2D eigenvalue weighted by molar-refractivity contribution is -0.140. The highest BCUT2D eigenvalue weighted by molar-refractivity contribution is 7.92. The molecule has 0 spiro atoms. The smallest absolute Gasteiger partial charge is 0.264 e. The van der Waals surface area contributed by atoms with Crippen molar-refractivity contribution in [3.05, 3.63) is 87.9 Å². The van der Waals surface area contributed by atoms with E-state index < -0.39 is 28.5 Å². The molecule has 2 amide bonds. The number of amides is 2. The molecule has 220 valence electrons. The van der Waals surface area contributed by atoms with Crippen molar-refractivity contribution < 1.29 is 22.7 Å². The summed E-state index contributed by atoms with van der Waals surface area (Å²) < 4.78 is 34.3. The molecule has 0 heterocycles. The SMILES string of the molecule is CC[C@@H](C(=O)NC(C)C)N(Cc1ccc(Cl)c(Cl)c1)C(=O)CN(c1cccc(OC)c1)S(=O)(=O)c1ccc(C)cc1. The number of nitrogens with zero attached hydrogens (tertiary/aromatic N) is 2. The predicted molar refractivity (Wildman–Crippen MR) is 163 cm³/mol. The third-order valence-corrected chi connectivity index (χ3v) is 8.91. The lowest BCUT2D eigenvalue weighted by atomic mass is 10.1. The van der Waals surface area contributed by atoms with Crippen molar-refractivity contribution in [2.24, 2.45) is 0 Å². The van der Waals surface area contributed by atoms with Gasteiger partial charge in [-0.2, -0.15) is 0 Å². The van der Waals surface area contributed by atoms with Crippen LogP contribution in [0.2, 0.25) is 10.0 Å². The second-order valence-corrected chi connectivity index (χ2v) is 12.6. The van der Waals surface area contributed by atoms with Gasteiger partial charge in [0.2, 0.25) is 11.8 Å². The van der Waals surface area contributed by atoms with E-state index in [1.165, 1.54) is 24.1 Å². The van der Waals surface area contributed by atoms with Gasteiger partial charge in [0.25, 0.3) is 10.0 Å². The van der Waals surface area contributed by atoms with Gasteiger partial charge < -0.3 is 15.0 Å². The number of halogens is 2. The molecule has 0 aliphatic carbocycles. The molecule has 1 N–H and O–H groups in total. The van der Waals surface area contributed by atoms with Gasteiger partial charge in [0.1, 0.15) is 18.3 Å². The van der Waals surface area contributed by atoms with E-state index in [-0.39, 0.29) is 29.1 Å². The summed E-state index contributed by atoms with van der Waals surface area (Å²) in [6.45, 7) is 6.76. The highest BCUT2D eigenvalue weighted by Crippen LogP contribution is 2.29. The molecule has 3 aromatic carbocycles. The maximum absolute atomic E-state index is 14.1. The molecule has 1 atom stereocenters. The van der Waals surface area contributed by atoms with Crippen LogP contribution in [-0.4, -0.2) is 50.9 Å². The molecule has 41 heavy (non-hydrogen) atoms. The Morgan fingerprint density at radius 1 is 0.976 bits per heavy atom. The van der Waals surface area contributed by atoms with Gasteiger partial charge in [-0.3, -0.25) is 13.9 Å². The van der Waals surface area contributed by atoms with Crippen LogP contribution in [0.3, 0.4) is 0 Å². The van der Waals surface area contributed by atoms with Crippen LogP contribution in [0.4, 0.5) is 5.69 Å². The molecule has 0 aromatic heterocycles. The minimum Gasteiger partial charge on any atom is -0.497 e. The van der Waals surface area contributed by atoms with Gasteiger partial charge >= 0.3 is 0 Å². The highest BCUT2D eigenvalue weighted by atomic mass is 35.5. The summed E-state index contributed by atoms with van der Waals surface area (Å²) in [5.41, 5.74) is 1.77. The Morgan fingerprint density at radius 2 is 1.66 bits per heavy atom. The Balaban J connectivity index is 2.10. The van der Waals surface area contributed by atoms with E-state index in [1.54, 1.807) is 61.5 Å². The molecule has 8 nitrogen and oxygen atoms in total. The van der Waals surface area contributed by atoms with Crippen LogP contribution in [0.1, 0.15) is 38.3 Å². The van der Waals surface area contributed by atoms with Crippen LogP contribution in [-0.2, 0) is 26.2 Å². The third-order valence-electron chi connectivity index (χ3n) is 6.38. The summed E-state index contributed by atoms with van der Waals surface area (Å²) >= 11 is 12.3. The first-order valence-electron chi connectivity index (χ1n) is 13.1. The molecule has 11 heteroatoms. The number of methoxy groups -OCH3 is 1. The summed E-state index contributed by atoms with van der Waals surface area (Å²) in [6, 6.07) is 16.8. The number of benzene rings is 3. The lowest BCUT2D eigenvalue weighted by Crippen LogP contribution is -2.53. The number of hydrogen-bond acceptors (Lipinski definition) is 5. The summed E-state index contributed by atoms with van der Waals surface area (Å²) in [7, 11) is -2.72. The molecule has 0 radical (unpaired) electrons. The Bertz CT molecular complexity index is 1480. The summed E-state index contributed by atoms with van der Waals surface area (Å²) in [5.74, 6) is -0.486. The average molecular weight is 621 g/mol. The summed E-state index contributed by atoms with van der Waals surface area (Å²) in [4.78, 5) is 28.8. The Kier molecular flexibility index (Phi) is 11.1. The predicted octanol–water partition coefficient (Wildman–Crippen LogP) is 5.84. The van der Waals surface area contributed by atoms with Gasteiger partial charge in [0.15, 0.2) is 0 Å². The number of aryl methyl sites for hydroxylation is 1. The van der Waals surface area contributed by atoms with Crippen molar-refractivity contribution in [1.82, 2.24) is 10.2 Å². The van der Waals surface area contributed by atoms with E-state index in [2.05, 4.69) is 5.32 Å². The number of sulfonamides is 1. The van der Waals surface area contributed by atoms with Crippen LogP contribution in [0.25, 0.3) is 0 Å². The number of hydrogen-bond donors (Lipinski definition) is 1. The maximum atomic E-state index is 14.1. The van der Waals surface area contributed by atoms with Crippen molar-refractivity contribution in [3.8, 4) is 5.75 Å². The third kappa shape index (κ3) is 8.15. The monoisotopic (exact) mass is 619 g/mol. The molecule has 0 bridgehead atoms. The summed E-state index contributed by atoms with van der Waals surface area (Å²) in [6.07, 6.45) is 0.301. The maximum Gasteiger partial charge on any atom is 0.264 e. The molecule has 0 aliphatic heterocycles. The van der Waals surface area contributed by atoms with Crippen LogP contribution in [0, 0.1) is 6.92 Å². The first-order valence-corrected chi connectivity index (χ1v) is 15.3. The minimum atomic E-state index is -4.19. The van der Waals surface area contributed by atoms with Gasteiger partial charge in [-0.1, -0.05) is 60.0 Å². The van der Waals surface area contributed by atoms with Gasteiger partial charge in [0, 0.05) is 18.7 Å². The molecule has 0 saturated carbocycles. The van der Waals surface area contributed by atoms with E-state index in [4.69, 9.17) is 27.9 Å². The Labute approximate surface area is 252 Å². The number of carbonyl (C=O) groups is 2. The number of nitrogens with one attached hydrogen (secondary N) is 1. The normalized spacial score (nSPS) is 12.1. The molecule has 3 rings (SSSR count). The molecule has 0 unspecified atom stereocenters. The molecular formula is C30H35Cl2N3O5S. The molecule has 0 aliphatic rings. The van der Waals surface area contributed by atoms with Crippen molar-refractivity contribution in [2.45, 2.75) is 57.6 Å². The van der Waals surface area contributed by atoms with E-state index >= 15 is 0 Å². The molecule has 0 saturated heterocycles. The standard InChI is InChI=1S/C30H35Cl2N3O5S/c1-6-28(30(37)33-20(2)3)34(18-22-12-15-26(31)27(32)16-22)29(36)19-35(23-8-7-9-24(17-23)40-5)41(38,39)25-13-10-21(4)11-14-25/h7-17,20,28H,6,18-19H2,1-5H3,(H,33,37)/t28-/m0/s1. The first-order chi connectivity index (χ1) is 19.4. The topological polar surface area (TPSA) is 96.0 Å². The fourth-order valence-corrected chi connectivity index (χ4v) is 5.99. The van der Waals surface area contributed by atoms with Crippen LogP contribution < -0.4 is 14.4 Å². The average Bonchev–Trinajstić information content (AvgIpc) is 2.93. The second kappa shape index (κ2) is 14.1. The van der Waals surface area contributed by atoms with E-state index in [1.807, 2.05) is 20.8 Å². The van der Waals surface area contributed by atoms with Gasteiger partial charge in [-0.25, -0.2) is 8.42 Å². The second-order valence-electron chi connectivity index (χ2n) is 9.88. The zero-order valence-corrected chi connectivity index (χ0v) is 26.1. The fourth-order valence-electron chi connectivity index (χ4n) is 4.27. The number of carbonyl (C=O) groups excluding carboxylic acids is 2. The van der Waals surface area contributed by atoms with Gasteiger partial charge in [0.05, 0.1) is 27.7 Å². The number of rotatable bonds is 12. The van der Waals surface area contributed by atoms with Crippen LogP contribution >= 0.6 is 23.2 Å². The quantitative estimate of drug-likeness (QED) is 0.275. The Hall–Kier alpha value is -3.27. The zero-order valence-electron chi connectivity index (χ0n) is 23.7. The minimum absolute atomic E-state index is 0.0102. The van der Waals surface area contributed by atoms with Crippen molar-refractivity contribution >= 4 is 50.7 Å². The summed E-state index contributed by atoms with van der Waals surface area (Å²) in [5, 5.41) is 3.52. The van der Waals surface area contributed by atoms with Crippen LogP contribution in [0.5, 0.6) is 5.75 Å². The lowest BCUT2D eigenvalue weighted by Gasteiger charge is -2.33. The largest absolute Gasteiger partial charge is 0.497 e. The number of anilines is 1. The highest BCUT2D eigenvalue weighted by Gasteiger charge is 2.34. The van der Waals surface area contributed by atoms with Crippen molar-refractivity contribution in [2.75, 3.05) is 18.0 Å². The van der Waals surface area contributed by atoms with E-state index in [0.717, 1.165) is 9.87 Å². The Morgan fingerprint density at radius 3 is 2.24 bits per heavy atom. The van der Waals surface area contributed by atoms with Crippen molar-refractivity contribution in [3.63, 3.8) is 0 Å². The van der Waals surface area contributed by atoms with Gasteiger partial charge in [-0.05, 0) is 69.2 Å². The number of ether oxygens (including phenoxy) is 1. The van der Waals surface area contributed by atoms with Gasteiger partial charge in [-0.15, -0.1) is 0 Å². The molecule has 0 fully saturated rings. The fraction of sp³-hybridized carbons (Fsp3) is 0.333. The molecular weight excluding hydrogens is 585 g/mol. The first kappa shape index (κ1) is 32.2. The van der Waals surface area contributed by atoms with E-state index in [0.29, 0.717) is 27.8 Å². The molecule has 3 aromatic rings. The zero-order chi connectivity index (χ0) is 30.3. The van der Waals surface area contributed by atoms with Crippen molar-refractivity contribution in [1.29, 1.82) is 0 Å².